The zero-order chi connectivity index (χ0) is 15.7. The molecule has 0 bridgehead atoms. The smallest absolute Gasteiger partial charge is 0.226 e. The molecule has 3 rings (SSSR count). The first-order valence-corrected chi connectivity index (χ1v) is 8.13. The highest BCUT2D eigenvalue weighted by Gasteiger charge is 2.45. The zero-order valence-electron chi connectivity index (χ0n) is 12.4. The molecule has 0 heterocycles. The summed E-state index contributed by atoms with van der Waals surface area (Å²) in [5, 5.41) is 9.82. The summed E-state index contributed by atoms with van der Waals surface area (Å²) in [4.78, 5) is 14.2. The molecular formula is C18H18BrNO2. The third-order valence-corrected chi connectivity index (χ3v) is 4.91. The van der Waals surface area contributed by atoms with E-state index in [1.54, 1.807) is 24.1 Å². The van der Waals surface area contributed by atoms with E-state index in [-0.39, 0.29) is 17.6 Å². The molecule has 0 unspecified atom stereocenters. The highest BCUT2D eigenvalue weighted by molar-refractivity contribution is 9.10. The number of nitrogens with zero attached hydrogens (tertiary/aromatic N) is 1. The predicted octanol–water partition coefficient (Wildman–Crippen LogP) is 3.92. The van der Waals surface area contributed by atoms with Gasteiger partial charge in [-0.25, -0.2) is 0 Å². The highest BCUT2D eigenvalue weighted by Crippen LogP contribution is 2.50. The third kappa shape index (κ3) is 3.02. The van der Waals surface area contributed by atoms with Crippen molar-refractivity contribution in [3.8, 4) is 5.75 Å². The standard InChI is InChI=1S/C18H18BrNO2/c1-20(11-12-6-2-5-9-17(12)21)18(22)15-10-14(15)13-7-3-4-8-16(13)19/h2-9,14-15,21H,10-11H2,1H3/t14-,15-/m1/s1. The summed E-state index contributed by atoms with van der Waals surface area (Å²) in [6.45, 7) is 0.435. The van der Waals surface area contributed by atoms with Gasteiger partial charge in [-0.15, -0.1) is 0 Å². The van der Waals surface area contributed by atoms with E-state index in [2.05, 4.69) is 22.0 Å². The minimum atomic E-state index is 0.0505. The van der Waals surface area contributed by atoms with Crippen LogP contribution in [0.2, 0.25) is 0 Å². The maximum Gasteiger partial charge on any atom is 0.226 e. The maximum absolute atomic E-state index is 12.5. The molecule has 0 radical (unpaired) electrons. The van der Waals surface area contributed by atoms with Crippen LogP contribution in [-0.4, -0.2) is 23.0 Å². The molecule has 3 nitrogen and oxygen atoms in total. The quantitative estimate of drug-likeness (QED) is 0.898. The molecule has 114 valence electrons. The first kappa shape index (κ1) is 15.1. The Balaban J connectivity index is 1.66. The normalized spacial score (nSPS) is 19.7. The Kier molecular flexibility index (Phi) is 4.21. The molecule has 1 fully saturated rings. The molecule has 4 heteroatoms. The fourth-order valence-electron chi connectivity index (χ4n) is 2.85. The van der Waals surface area contributed by atoms with Crippen LogP contribution in [0.5, 0.6) is 5.75 Å². The van der Waals surface area contributed by atoms with Gasteiger partial charge in [0.2, 0.25) is 5.91 Å². The van der Waals surface area contributed by atoms with E-state index < -0.39 is 0 Å². The third-order valence-electron chi connectivity index (χ3n) is 4.19. The summed E-state index contributed by atoms with van der Waals surface area (Å²) < 4.78 is 1.07. The highest BCUT2D eigenvalue weighted by atomic mass is 79.9. The summed E-state index contributed by atoms with van der Waals surface area (Å²) in [6.07, 6.45) is 0.895. The molecule has 0 aliphatic heterocycles. The van der Waals surface area contributed by atoms with Crippen LogP contribution in [0, 0.1) is 5.92 Å². The number of aromatic hydroxyl groups is 1. The lowest BCUT2D eigenvalue weighted by atomic mass is 10.1. The van der Waals surface area contributed by atoms with E-state index in [1.807, 2.05) is 30.3 Å². The van der Waals surface area contributed by atoms with Gasteiger partial charge in [0.15, 0.2) is 0 Å². The average molecular weight is 360 g/mol. The van der Waals surface area contributed by atoms with Crippen molar-refractivity contribution in [2.75, 3.05) is 7.05 Å². The first-order valence-electron chi connectivity index (χ1n) is 7.34. The number of halogens is 1. The van der Waals surface area contributed by atoms with Crippen LogP contribution in [-0.2, 0) is 11.3 Å². The number of phenols is 1. The van der Waals surface area contributed by atoms with E-state index >= 15 is 0 Å². The Morgan fingerprint density at radius 3 is 2.64 bits per heavy atom. The first-order chi connectivity index (χ1) is 10.6. The van der Waals surface area contributed by atoms with Crippen LogP contribution in [0.4, 0.5) is 0 Å². The van der Waals surface area contributed by atoms with Gasteiger partial charge in [0, 0.05) is 29.5 Å². The second-order valence-electron chi connectivity index (χ2n) is 5.79. The number of para-hydroxylation sites is 1. The van der Waals surface area contributed by atoms with Gasteiger partial charge in [-0.05, 0) is 30.0 Å². The molecule has 22 heavy (non-hydrogen) atoms. The molecule has 2 aromatic carbocycles. The van der Waals surface area contributed by atoms with E-state index in [9.17, 15) is 9.90 Å². The van der Waals surface area contributed by atoms with E-state index in [0.29, 0.717) is 12.5 Å². The molecule has 1 saturated carbocycles. The lowest BCUT2D eigenvalue weighted by Gasteiger charge is -2.18. The number of phenolic OH excluding ortho intramolecular Hbond substituents is 1. The Bertz CT molecular complexity index is 697. The SMILES string of the molecule is CN(Cc1ccccc1O)C(=O)[C@@H]1C[C@@H]1c1ccccc1Br. The summed E-state index contributed by atoms with van der Waals surface area (Å²) >= 11 is 3.56. The van der Waals surface area contributed by atoms with Crippen LogP contribution >= 0.6 is 15.9 Å². The molecular weight excluding hydrogens is 342 g/mol. The van der Waals surface area contributed by atoms with Crippen molar-refractivity contribution < 1.29 is 9.90 Å². The van der Waals surface area contributed by atoms with Gasteiger partial charge in [-0.2, -0.15) is 0 Å². The molecule has 1 aliphatic carbocycles. The minimum absolute atomic E-state index is 0.0505. The maximum atomic E-state index is 12.5. The van der Waals surface area contributed by atoms with Crippen molar-refractivity contribution in [1.29, 1.82) is 0 Å². The number of carbonyl (C=O) groups excluding carboxylic acids is 1. The number of hydrogen-bond donors (Lipinski definition) is 1. The molecule has 0 saturated heterocycles. The average Bonchev–Trinajstić information content (AvgIpc) is 3.29. The van der Waals surface area contributed by atoms with Gasteiger partial charge >= 0.3 is 0 Å². The van der Waals surface area contributed by atoms with Gasteiger partial charge in [0.05, 0.1) is 0 Å². The summed E-state index contributed by atoms with van der Waals surface area (Å²) in [5.41, 5.74) is 1.98. The van der Waals surface area contributed by atoms with Crippen LogP contribution in [0.15, 0.2) is 53.0 Å². The number of hydrogen-bond acceptors (Lipinski definition) is 2. The largest absolute Gasteiger partial charge is 0.508 e. The minimum Gasteiger partial charge on any atom is -0.508 e. The number of carbonyl (C=O) groups is 1. The fourth-order valence-corrected chi connectivity index (χ4v) is 3.43. The van der Waals surface area contributed by atoms with Crippen LogP contribution in [0.3, 0.4) is 0 Å². The van der Waals surface area contributed by atoms with Crippen molar-refractivity contribution in [3.63, 3.8) is 0 Å². The van der Waals surface area contributed by atoms with Crippen LogP contribution < -0.4 is 0 Å². The molecule has 1 N–H and O–H groups in total. The van der Waals surface area contributed by atoms with Crippen molar-refractivity contribution in [2.24, 2.45) is 5.92 Å². The van der Waals surface area contributed by atoms with Crippen molar-refractivity contribution >= 4 is 21.8 Å². The molecule has 0 spiro atoms. The molecule has 1 amide bonds. The monoisotopic (exact) mass is 359 g/mol. The van der Waals surface area contributed by atoms with Gasteiger partial charge in [-0.1, -0.05) is 52.3 Å². The van der Waals surface area contributed by atoms with E-state index in [1.165, 1.54) is 5.56 Å². The summed E-state index contributed by atoms with van der Waals surface area (Å²) in [7, 11) is 1.80. The second kappa shape index (κ2) is 6.13. The van der Waals surface area contributed by atoms with Crippen molar-refractivity contribution in [1.82, 2.24) is 4.90 Å². The Labute approximate surface area is 138 Å². The Morgan fingerprint density at radius 1 is 1.23 bits per heavy atom. The summed E-state index contributed by atoms with van der Waals surface area (Å²) in [6, 6.07) is 15.2. The van der Waals surface area contributed by atoms with Gasteiger partial charge in [-0.3, -0.25) is 4.79 Å². The number of amides is 1. The lowest BCUT2D eigenvalue weighted by Crippen LogP contribution is -2.28. The Morgan fingerprint density at radius 2 is 1.91 bits per heavy atom. The van der Waals surface area contributed by atoms with Gasteiger partial charge < -0.3 is 10.0 Å². The zero-order valence-corrected chi connectivity index (χ0v) is 14.0. The van der Waals surface area contributed by atoms with Gasteiger partial charge in [0.25, 0.3) is 0 Å². The fraction of sp³-hybridized carbons (Fsp3) is 0.278. The van der Waals surface area contributed by atoms with Crippen molar-refractivity contribution in [3.05, 3.63) is 64.1 Å². The molecule has 0 aromatic heterocycles. The van der Waals surface area contributed by atoms with E-state index in [4.69, 9.17) is 0 Å². The van der Waals surface area contributed by atoms with Crippen LogP contribution in [0.25, 0.3) is 0 Å². The summed E-state index contributed by atoms with van der Waals surface area (Å²) in [5.74, 6) is 0.730. The Hall–Kier alpha value is -1.81. The van der Waals surface area contributed by atoms with Gasteiger partial charge in [0.1, 0.15) is 5.75 Å². The topological polar surface area (TPSA) is 40.5 Å². The predicted molar refractivity (Wildman–Crippen MR) is 89.6 cm³/mol. The molecule has 1 aliphatic rings. The number of benzene rings is 2. The van der Waals surface area contributed by atoms with Crippen molar-refractivity contribution in [2.45, 2.75) is 18.9 Å². The number of rotatable bonds is 4. The molecule has 2 aromatic rings. The van der Waals surface area contributed by atoms with Crippen LogP contribution in [0.1, 0.15) is 23.5 Å². The lowest BCUT2D eigenvalue weighted by molar-refractivity contribution is -0.131. The van der Waals surface area contributed by atoms with E-state index in [0.717, 1.165) is 16.5 Å². The second-order valence-corrected chi connectivity index (χ2v) is 6.65. The molecule has 2 atom stereocenters.